The molecule has 2 unspecified atom stereocenters. The van der Waals surface area contributed by atoms with E-state index in [0.29, 0.717) is 12.1 Å². The first kappa shape index (κ1) is 12.8. The van der Waals surface area contributed by atoms with Gasteiger partial charge in [0.1, 0.15) is 0 Å². The zero-order chi connectivity index (χ0) is 13.3. The van der Waals surface area contributed by atoms with Gasteiger partial charge in [0.2, 0.25) is 6.41 Å². The van der Waals surface area contributed by atoms with E-state index in [1.54, 1.807) is 0 Å². The van der Waals surface area contributed by atoms with Crippen LogP contribution in [0, 0.1) is 0 Å². The van der Waals surface area contributed by atoms with Gasteiger partial charge in [0.05, 0.1) is 23.4 Å². The molecule has 1 amide bonds. The average molecular weight is 260 g/mol. The number of pyridine rings is 1. The molecule has 0 saturated carbocycles. The molecule has 4 nitrogen and oxygen atoms in total. The maximum Gasteiger partial charge on any atom is 0.417 e. The van der Waals surface area contributed by atoms with E-state index in [1.807, 2.05) is 0 Å². The van der Waals surface area contributed by atoms with Crippen molar-refractivity contribution in [2.45, 2.75) is 24.7 Å². The maximum atomic E-state index is 12.4. The second kappa shape index (κ2) is 4.56. The molecule has 1 aromatic heterocycles. The van der Waals surface area contributed by atoms with E-state index in [4.69, 9.17) is 0 Å². The van der Waals surface area contributed by atoms with E-state index >= 15 is 0 Å². The van der Waals surface area contributed by atoms with Crippen LogP contribution < -0.4 is 0 Å². The maximum absolute atomic E-state index is 12.4. The van der Waals surface area contributed by atoms with Crippen molar-refractivity contribution in [3.05, 3.63) is 29.6 Å². The van der Waals surface area contributed by atoms with E-state index in [2.05, 4.69) is 4.98 Å². The summed E-state index contributed by atoms with van der Waals surface area (Å²) in [5.74, 6) is 0. The van der Waals surface area contributed by atoms with Gasteiger partial charge in [-0.05, 0) is 12.1 Å². The van der Waals surface area contributed by atoms with Gasteiger partial charge >= 0.3 is 6.18 Å². The van der Waals surface area contributed by atoms with Crippen molar-refractivity contribution in [3.63, 3.8) is 0 Å². The number of carbonyl (C=O) groups excluding carboxylic acids is 1. The normalized spacial score (nSPS) is 24.3. The zero-order valence-corrected chi connectivity index (χ0v) is 9.26. The van der Waals surface area contributed by atoms with E-state index in [9.17, 15) is 23.1 Å². The van der Waals surface area contributed by atoms with Crippen LogP contribution in [0.4, 0.5) is 13.2 Å². The molecule has 2 atom stereocenters. The van der Waals surface area contributed by atoms with Gasteiger partial charge in [0, 0.05) is 19.2 Å². The molecule has 0 aromatic carbocycles. The molecule has 2 heterocycles. The highest BCUT2D eigenvalue weighted by Gasteiger charge is 2.34. The predicted molar refractivity (Wildman–Crippen MR) is 55.4 cm³/mol. The lowest BCUT2D eigenvalue weighted by atomic mass is 10.1. The highest BCUT2D eigenvalue weighted by molar-refractivity contribution is 5.49. The Morgan fingerprint density at radius 2 is 2.17 bits per heavy atom. The van der Waals surface area contributed by atoms with Gasteiger partial charge in [-0.25, -0.2) is 0 Å². The average Bonchev–Trinajstić information content (AvgIpc) is 2.69. The molecule has 1 aliphatic rings. The summed E-state index contributed by atoms with van der Waals surface area (Å²) in [7, 11) is 0. The first-order chi connectivity index (χ1) is 8.41. The van der Waals surface area contributed by atoms with Crippen molar-refractivity contribution < 1.29 is 23.1 Å². The minimum Gasteiger partial charge on any atom is -0.391 e. The molecule has 0 spiro atoms. The fourth-order valence-electron chi connectivity index (χ4n) is 2.02. The Morgan fingerprint density at radius 1 is 1.44 bits per heavy atom. The Morgan fingerprint density at radius 3 is 2.67 bits per heavy atom. The summed E-state index contributed by atoms with van der Waals surface area (Å²) in [4.78, 5) is 15.8. The fraction of sp³-hybridized carbons (Fsp3) is 0.455. The number of aliphatic hydroxyl groups is 1. The lowest BCUT2D eigenvalue weighted by molar-refractivity contribution is -0.137. The summed E-state index contributed by atoms with van der Waals surface area (Å²) < 4.78 is 37.1. The third-order valence-electron chi connectivity index (χ3n) is 2.91. The SMILES string of the molecule is O=CN1CC(O)CC1c1ccc(C(F)(F)F)cn1. The molecule has 1 aromatic rings. The third kappa shape index (κ3) is 2.45. The Labute approximate surface area is 101 Å². The Bertz CT molecular complexity index is 433. The van der Waals surface area contributed by atoms with Crippen LogP contribution in [0.3, 0.4) is 0 Å². The van der Waals surface area contributed by atoms with Crippen molar-refractivity contribution in [1.82, 2.24) is 9.88 Å². The molecule has 1 aliphatic heterocycles. The van der Waals surface area contributed by atoms with E-state index < -0.39 is 23.9 Å². The fourth-order valence-corrected chi connectivity index (χ4v) is 2.02. The smallest absolute Gasteiger partial charge is 0.391 e. The van der Waals surface area contributed by atoms with Gasteiger partial charge in [-0.2, -0.15) is 13.2 Å². The van der Waals surface area contributed by atoms with Crippen molar-refractivity contribution in [3.8, 4) is 0 Å². The standard InChI is InChI=1S/C11H11F3N2O2/c12-11(13,14)7-1-2-9(15-4-7)10-3-8(18)5-16(10)6-17/h1-2,4,6,8,10,18H,3,5H2. The molecular formula is C11H11F3N2O2. The van der Waals surface area contributed by atoms with E-state index in [-0.39, 0.29) is 13.0 Å². The monoisotopic (exact) mass is 260 g/mol. The number of hydrogen-bond donors (Lipinski definition) is 1. The second-order valence-electron chi connectivity index (χ2n) is 4.18. The minimum absolute atomic E-state index is 0.177. The van der Waals surface area contributed by atoms with Crippen LogP contribution >= 0.6 is 0 Å². The quantitative estimate of drug-likeness (QED) is 0.817. The summed E-state index contributed by atoms with van der Waals surface area (Å²) in [6.45, 7) is 0.177. The molecule has 1 N–H and O–H groups in total. The summed E-state index contributed by atoms with van der Waals surface area (Å²) in [5, 5.41) is 9.44. The summed E-state index contributed by atoms with van der Waals surface area (Å²) in [6, 6.07) is 1.71. The first-order valence-corrected chi connectivity index (χ1v) is 5.34. The number of amides is 1. The van der Waals surface area contributed by atoms with Gasteiger partial charge < -0.3 is 10.0 Å². The minimum atomic E-state index is -4.43. The molecule has 0 bridgehead atoms. The third-order valence-corrected chi connectivity index (χ3v) is 2.91. The predicted octanol–water partition coefficient (Wildman–Crippen LogP) is 1.36. The van der Waals surface area contributed by atoms with Crippen LogP contribution in [0.25, 0.3) is 0 Å². The number of halogens is 3. The zero-order valence-electron chi connectivity index (χ0n) is 9.26. The van der Waals surface area contributed by atoms with Crippen molar-refractivity contribution in [2.75, 3.05) is 6.54 Å². The van der Waals surface area contributed by atoms with Crippen molar-refractivity contribution in [1.29, 1.82) is 0 Å². The van der Waals surface area contributed by atoms with Crippen LogP contribution in [-0.2, 0) is 11.0 Å². The lowest BCUT2D eigenvalue weighted by Gasteiger charge is -2.19. The van der Waals surface area contributed by atoms with Crippen molar-refractivity contribution in [2.24, 2.45) is 0 Å². The van der Waals surface area contributed by atoms with Gasteiger partial charge in [-0.3, -0.25) is 9.78 Å². The second-order valence-corrected chi connectivity index (χ2v) is 4.18. The highest BCUT2D eigenvalue weighted by atomic mass is 19.4. The van der Waals surface area contributed by atoms with Gasteiger partial charge in [-0.1, -0.05) is 0 Å². The lowest BCUT2D eigenvalue weighted by Crippen LogP contribution is -2.23. The number of aromatic nitrogens is 1. The molecule has 98 valence electrons. The van der Waals surface area contributed by atoms with Crippen LogP contribution in [0.2, 0.25) is 0 Å². The molecule has 7 heteroatoms. The summed E-state index contributed by atoms with van der Waals surface area (Å²) in [5.41, 5.74) is -0.478. The highest BCUT2D eigenvalue weighted by Crippen LogP contribution is 2.32. The molecule has 18 heavy (non-hydrogen) atoms. The number of rotatable bonds is 2. The molecule has 2 rings (SSSR count). The number of nitrogens with zero attached hydrogens (tertiary/aromatic N) is 2. The van der Waals surface area contributed by atoms with Crippen LogP contribution in [0.5, 0.6) is 0 Å². The molecule has 1 saturated heterocycles. The van der Waals surface area contributed by atoms with Crippen LogP contribution in [0.15, 0.2) is 18.3 Å². The van der Waals surface area contributed by atoms with Crippen molar-refractivity contribution >= 4 is 6.41 Å². The molecule has 0 aliphatic carbocycles. The topological polar surface area (TPSA) is 53.4 Å². The molecule has 0 radical (unpaired) electrons. The van der Waals surface area contributed by atoms with Crippen LogP contribution in [0.1, 0.15) is 23.7 Å². The first-order valence-electron chi connectivity index (χ1n) is 5.34. The van der Waals surface area contributed by atoms with E-state index in [1.165, 1.54) is 11.0 Å². The van der Waals surface area contributed by atoms with Gasteiger partial charge in [-0.15, -0.1) is 0 Å². The Balaban J connectivity index is 2.22. The molecular weight excluding hydrogens is 249 g/mol. The summed E-state index contributed by atoms with van der Waals surface area (Å²) in [6.07, 6.45) is -3.49. The number of carbonyl (C=O) groups is 1. The molecule has 1 fully saturated rings. The van der Waals surface area contributed by atoms with Crippen LogP contribution in [-0.4, -0.2) is 34.0 Å². The number of likely N-dealkylation sites (tertiary alicyclic amines) is 1. The largest absolute Gasteiger partial charge is 0.417 e. The number of hydrogen-bond acceptors (Lipinski definition) is 3. The Kier molecular flexibility index (Phi) is 3.25. The van der Waals surface area contributed by atoms with Gasteiger partial charge in [0.15, 0.2) is 0 Å². The Hall–Kier alpha value is -1.63. The van der Waals surface area contributed by atoms with Gasteiger partial charge in [0.25, 0.3) is 0 Å². The number of alkyl halides is 3. The number of β-amino-alcohol motifs (C(OH)–C–C–N with tert-alkyl or cyclic N) is 1. The van der Waals surface area contributed by atoms with E-state index in [0.717, 1.165) is 12.3 Å². The number of aliphatic hydroxyl groups excluding tert-OH is 1. The summed E-state index contributed by atoms with van der Waals surface area (Å²) >= 11 is 0.